The summed E-state index contributed by atoms with van der Waals surface area (Å²) in [6, 6.07) is 3.72. The molecule has 0 radical (unpaired) electrons. The molecule has 0 atom stereocenters. The second-order valence-electron chi connectivity index (χ2n) is 3.21. The SMILES string of the molecule is CCCCC(=O)c1ccc(C)nc1. The van der Waals surface area contributed by atoms with Crippen LogP contribution in [0.3, 0.4) is 0 Å². The van der Waals surface area contributed by atoms with Gasteiger partial charge in [-0.25, -0.2) is 0 Å². The third-order valence-corrected chi connectivity index (χ3v) is 1.99. The molecule has 1 rings (SSSR count). The van der Waals surface area contributed by atoms with Crippen LogP contribution in [0.25, 0.3) is 0 Å². The third kappa shape index (κ3) is 2.98. The molecule has 1 heterocycles. The molecule has 2 nitrogen and oxygen atoms in total. The van der Waals surface area contributed by atoms with E-state index in [4.69, 9.17) is 0 Å². The molecule has 13 heavy (non-hydrogen) atoms. The van der Waals surface area contributed by atoms with E-state index in [0.717, 1.165) is 24.1 Å². The molecule has 0 spiro atoms. The lowest BCUT2D eigenvalue weighted by atomic mass is 10.1. The molecule has 1 aromatic rings. The summed E-state index contributed by atoms with van der Waals surface area (Å²) >= 11 is 0. The van der Waals surface area contributed by atoms with Crippen LogP contribution in [0, 0.1) is 6.92 Å². The minimum atomic E-state index is 0.203. The number of carbonyl (C=O) groups is 1. The average Bonchev–Trinajstić information content (AvgIpc) is 2.15. The molecule has 70 valence electrons. The highest BCUT2D eigenvalue weighted by atomic mass is 16.1. The molecule has 0 aliphatic carbocycles. The summed E-state index contributed by atoms with van der Waals surface area (Å²) in [6.45, 7) is 4.00. The van der Waals surface area contributed by atoms with Crippen molar-refractivity contribution < 1.29 is 4.79 Å². The fourth-order valence-corrected chi connectivity index (χ4v) is 1.11. The summed E-state index contributed by atoms with van der Waals surface area (Å²) in [6.07, 6.45) is 4.33. The lowest BCUT2D eigenvalue weighted by molar-refractivity contribution is 0.0979. The van der Waals surface area contributed by atoms with E-state index < -0.39 is 0 Å². The van der Waals surface area contributed by atoms with E-state index in [9.17, 15) is 4.79 Å². The van der Waals surface area contributed by atoms with Gasteiger partial charge in [-0.1, -0.05) is 13.3 Å². The summed E-state index contributed by atoms with van der Waals surface area (Å²) < 4.78 is 0. The van der Waals surface area contributed by atoms with Gasteiger partial charge in [0.15, 0.2) is 5.78 Å². The predicted octanol–water partition coefficient (Wildman–Crippen LogP) is 2.76. The molecular formula is C11H15NO. The van der Waals surface area contributed by atoms with E-state index >= 15 is 0 Å². The molecule has 0 saturated carbocycles. The van der Waals surface area contributed by atoms with Crippen LogP contribution in [-0.2, 0) is 0 Å². The van der Waals surface area contributed by atoms with E-state index in [-0.39, 0.29) is 5.78 Å². The maximum absolute atomic E-state index is 11.5. The summed E-state index contributed by atoms with van der Waals surface area (Å²) in [5.41, 5.74) is 1.69. The van der Waals surface area contributed by atoms with Crippen molar-refractivity contribution in [3.05, 3.63) is 29.6 Å². The van der Waals surface area contributed by atoms with Gasteiger partial charge in [-0.05, 0) is 25.5 Å². The van der Waals surface area contributed by atoms with Gasteiger partial charge in [-0.3, -0.25) is 9.78 Å². The molecule has 0 aromatic carbocycles. The Morgan fingerprint density at radius 1 is 1.46 bits per heavy atom. The Hall–Kier alpha value is -1.18. The number of aryl methyl sites for hydroxylation is 1. The first-order chi connectivity index (χ1) is 6.24. The number of unbranched alkanes of at least 4 members (excludes halogenated alkanes) is 1. The Kier molecular flexibility index (Phi) is 3.62. The first-order valence-corrected chi connectivity index (χ1v) is 4.70. The van der Waals surface area contributed by atoms with E-state index in [0.29, 0.717) is 6.42 Å². The fraction of sp³-hybridized carbons (Fsp3) is 0.455. The van der Waals surface area contributed by atoms with Crippen LogP contribution in [0.2, 0.25) is 0 Å². The Morgan fingerprint density at radius 3 is 2.77 bits per heavy atom. The van der Waals surface area contributed by atoms with Gasteiger partial charge in [0.1, 0.15) is 0 Å². The second-order valence-corrected chi connectivity index (χ2v) is 3.21. The van der Waals surface area contributed by atoms with E-state index in [1.165, 1.54) is 0 Å². The first kappa shape index (κ1) is 9.90. The molecule has 0 aliphatic rings. The molecule has 0 fully saturated rings. The molecular weight excluding hydrogens is 162 g/mol. The molecule has 0 aliphatic heterocycles. The monoisotopic (exact) mass is 177 g/mol. The molecule has 0 N–H and O–H groups in total. The maximum Gasteiger partial charge on any atom is 0.164 e. The van der Waals surface area contributed by atoms with Crippen molar-refractivity contribution >= 4 is 5.78 Å². The molecule has 0 amide bonds. The lowest BCUT2D eigenvalue weighted by Crippen LogP contribution is -1.99. The van der Waals surface area contributed by atoms with Crippen LogP contribution in [0.15, 0.2) is 18.3 Å². The van der Waals surface area contributed by atoms with Crippen LogP contribution in [0.1, 0.15) is 42.2 Å². The van der Waals surface area contributed by atoms with Gasteiger partial charge in [0.05, 0.1) is 0 Å². The Labute approximate surface area is 79.0 Å². The number of hydrogen-bond donors (Lipinski definition) is 0. The Bertz CT molecular complexity index is 277. The predicted molar refractivity (Wildman–Crippen MR) is 52.8 cm³/mol. The largest absolute Gasteiger partial charge is 0.294 e. The first-order valence-electron chi connectivity index (χ1n) is 4.70. The summed E-state index contributed by atoms with van der Waals surface area (Å²) in [5.74, 6) is 0.203. The number of hydrogen-bond acceptors (Lipinski definition) is 2. The summed E-state index contributed by atoms with van der Waals surface area (Å²) in [7, 11) is 0. The third-order valence-electron chi connectivity index (χ3n) is 1.99. The topological polar surface area (TPSA) is 30.0 Å². The smallest absolute Gasteiger partial charge is 0.164 e. The van der Waals surface area contributed by atoms with E-state index in [1.54, 1.807) is 6.20 Å². The minimum absolute atomic E-state index is 0.203. The van der Waals surface area contributed by atoms with Crippen LogP contribution >= 0.6 is 0 Å². The Morgan fingerprint density at radius 2 is 2.23 bits per heavy atom. The highest BCUT2D eigenvalue weighted by Crippen LogP contribution is 2.06. The van der Waals surface area contributed by atoms with Crippen LogP contribution in [-0.4, -0.2) is 10.8 Å². The van der Waals surface area contributed by atoms with Gasteiger partial charge >= 0.3 is 0 Å². The number of aromatic nitrogens is 1. The second kappa shape index (κ2) is 4.75. The van der Waals surface area contributed by atoms with Crippen molar-refractivity contribution in [1.82, 2.24) is 4.98 Å². The van der Waals surface area contributed by atoms with Crippen molar-refractivity contribution in [3.63, 3.8) is 0 Å². The number of ketones is 1. The molecule has 2 heteroatoms. The number of carbonyl (C=O) groups excluding carboxylic acids is 1. The fourth-order valence-electron chi connectivity index (χ4n) is 1.11. The van der Waals surface area contributed by atoms with Crippen LogP contribution < -0.4 is 0 Å². The highest BCUT2D eigenvalue weighted by molar-refractivity contribution is 5.95. The molecule has 0 saturated heterocycles. The van der Waals surface area contributed by atoms with Gasteiger partial charge in [0, 0.05) is 23.9 Å². The van der Waals surface area contributed by atoms with Crippen molar-refractivity contribution in [2.75, 3.05) is 0 Å². The van der Waals surface area contributed by atoms with Gasteiger partial charge < -0.3 is 0 Å². The summed E-state index contributed by atoms with van der Waals surface area (Å²) in [4.78, 5) is 15.6. The van der Waals surface area contributed by atoms with Gasteiger partial charge in [-0.15, -0.1) is 0 Å². The quantitative estimate of drug-likeness (QED) is 0.662. The van der Waals surface area contributed by atoms with Gasteiger partial charge in [-0.2, -0.15) is 0 Å². The average molecular weight is 177 g/mol. The van der Waals surface area contributed by atoms with Crippen molar-refractivity contribution in [2.45, 2.75) is 33.1 Å². The zero-order valence-electron chi connectivity index (χ0n) is 8.21. The van der Waals surface area contributed by atoms with Crippen molar-refractivity contribution in [2.24, 2.45) is 0 Å². The van der Waals surface area contributed by atoms with Crippen LogP contribution in [0.4, 0.5) is 0 Å². The zero-order chi connectivity index (χ0) is 9.68. The van der Waals surface area contributed by atoms with Crippen molar-refractivity contribution in [1.29, 1.82) is 0 Å². The highest BCUT2D eigenvalue weighted by Gasteiger charge is 2.04. The maximum atomic E-state index is 11.5. The number of rotatable bonds is 4. The normalized spacial score (nSPS) is 10.0. The molecule has 0 bridgehead atoms. The Balaban J connectivity index is 2.61. The number of nitrogens with zero attached hydrogens (tertiary/aromatic N) is 1. The van der Waals surface area contributed by atoms with Crippen molar-refractivity contribution in [3.8, 4) is 0 Å². The summed E-state index contributed by atoms with van der Waals surface area (Å²) in [5, 5.41) is 0. The van der Waals surface area contributed by atoms with Gasteiger partial charge in [0.2, 0.25) is 0 Å². The van der Waals surface area contributed by atoms with E-state index in [1.807, 2.05) is 19.1 Å². The van der Waals surface area contributed by atoms with E-state index in [2.05, 4.69) is 11.9 Å². The van der Waals surface area contributed by atoms with Gasteiger partial charge in [0.25, 0.3) is 0 Å². The molecule has 1 aromatic heterocycles. The molecule has 0 unspecified atom stereocenters. The van der Waals surface area contributed by atoms with Crippen LogP contribution in [0.5, 0.6) is 0 Å². The zero-order valence-corrected chi connectivity index (χ0v) is 8.21. The number of pyridine rings is 1. The standard InChI is InChI=1S/C11H15NO/c1-3-4-5-11(13)10-7-6-9(2)12-8-10/h6-8H,3-5H2,1-2H3. The number of Topliss-reactive ketones (excluding diaryl/α,β-unsaturated/α-hetero) is 1. The minimum Gasteiger partial charge on any atom is -0.294 e. The lowest BCUT2D eigenvalue weighted by Gasteiger charge is -1.99.